The molecule has 194 valence electrons. The van der Waals surface area contributed by atoms with Gasteiger partial charge in [0, 0.05) is 5.75 Å². The summed E-state index contributed by atoms with van der Waals surface area (Å²) in [4.78, 5) is 28.0. The minimum Gasteiger partial charge on any atom is -0.503 e. The first-order valence-corrected chi connectivity index (χ1v) is 13.6. The predicted molar refractivity (Wildman–Crippen MR) is 144 cm³/mol. The molecule has 10 heteroatoms. The maximum atomic E-state index is 14.0. The Bertz CT molecular complexity index is 1520. The normalized spacial score (nSPS) is 15.9. The predicted octanol–water partition coefficient (Wildman–Crippen LogP) is 6.64. The van der Waals surface area contributed by atoms with Crippen LogP contribution in [0.2, 0.25) is 0 Å². The van der Waals surface area contributed by atoms with Crippen LogP contribution in [0.4, 0.5) is 9.52 Å². The lowest BCUT2D eigenvalue weighted by atomic mass is 9.85. The molecule has 4 aromatic rings. The van der Waals surface area contributed by atoms with Crippen molar-refractivity contribution in [1.82, 2.24) is 10.2 Å². The summed E-state index contributed by atoms with van der Waals surface area (Å²) in [5.74, 6) is -1.98. The van der Waals surface area contributed by atoms with Gasteiger partial charge in [-0.3, -0.25) is 14.5 Å². The van der Waals surface area contributed by atoms with Crippen LogP contribution >= 0.6 is 23.1 Å². The van der Waals surface area contributed by atoms with Crippen LogP contribution in [0, 0.1) is 5.82 Å². The topological polar surface area (TPSA) is 96.5 Å². The van der Waals surface area contributed by atoms with E-state index < -0.39 is 23.5 Å². The van der Waals surface area contributed by atoms with Crippen LogP contribution < -0.4 is 4.90 Å². The van der Waals surface area contributed by atoms with Gasteiger partial charge in [0.25, 0.3) is 5.91 Å². The van der Waals surface area contributed by atoms with Gasteiger partial charge in [-0.1, -0.05) is 86.3 Å². The summed E-state index contributed by atoms with van der Waals surface area (Å²) < 4.78 is 19.8. The van der Waals surface area contributed by atoms with E-state index in [1.807, 2.05) is 24.3 Å². The number of nitrogens with zero attached hydrogens (tertiary/aromatic N) is 3. The van der Waals surface area contributed by atoms with Gasteiger partial charge in [0.2, 0.25) is 10.9 Å². The van der Waals surface area contributed by atoms with Crippen molar-refractivity contribution >= 4 is 39.9 Å². The van der Waals surface area contributed by atoms with Crippen LogP contribution in [0.5, 0.6) is 0 Å². The molecule has 0 saturated heterocycles. The van der Waals surface area contributed by atoms with Crippen molar-refractivity contribution in [3.8, 4) is 0 Å². The molecule has 0 bridgehead atoms. The summed E-state index contributed by atoms with van der Waals surface area (Å²) in [5, 5.41) is 19.5. The molecule has 1 unspecified atom stereocenters. The van der Waals surface area contributed by atoms with Crippen molar-refractivity contribution in [2.45, 2.75) is 42.3 Å². The third-order valence-corrected chi connectivity index (χ3v) is 8.31. The second-order valence-corrected chi connectivity index (χ2v) is 11.9. The number of anilines is 1. The average Bonchev–Trinajstić information content (AvgIpc) is 3.64. The second kappa shape index (κ2) is 10.2. The zero-order valence-electron chi connectivity index (χ0n) is 20.8. The number of aliphatic hydroxyl groups is 1. The van der Waals surface area contributed by atoms with Gasteiger partial charge in [-0.25, -0.2) is 4.39 Å². The number of carbonyl (C=O) groups excluding carboxylic acids is 2. The van der Waals surface area contributed by atoms with Crippen LogP contribution in [0.1, 0.15) is 54.1 Å². The summed E-state index contributed by atoms with van der Waals surface area (Å²) in [6.45, 7) is 6.27. The molecule has 0 fully saturated rings. The Balaban J connectivity index is 1.51. The fourth-order valence-corrected chi connectivity index (χ4v) is 6.02. The molecule has 0 saturated carbocycles. The number of amides is 1. The number of halogens is 1. The van der Waals surface area contributed by atoms with E-state index in [0.717, 1.165) is 16.9 Å². The zero-order chi connectivity index (χ0) is 27.0. The van der Waals surface area contributed by atoms with Gasteiger partial charge in [-0.05, 0) is 40.3 Å². The number of ketones is 1. The smallest absolute Gasteiger partial charge is 0.296 e. The number of furan rings is 1. The van der Waals surface area contributed by atoms with Gasteiger partial charge in [0.05, 0.1) is 17.9 Å². The number of thioether (sulfide) groups is 1. The lowest BCUT2D eigenvalue weighted by molar-refractivity contribution is -0.117. The summed E-state index contributed by atoms with van der Waals surface area (Å²) >= 11 is 2.41. The molecular formula is C28H24FN3O4S2. The molecule has 5 rings (SSSR count). The zero-order valence-corrected chi connectivity index (χ0v) is 22.5. The first kappa shape index (κ1) is 25.9. The summed E-state index contributed by atoms with van der Waals surface area (Å²) in [6.07, 6.45) is 1.36. The Morgan fingerprint density at radius 1 is 1.11 bits per heavy atom. The average molecular weight is 550 g/mol. The number of benzene rings is 2. The van der Waals surface area contributed by atoms with Gasteiger partial charge in [0.1, 0.15) is 5.82 Å². The van der Waals surface area contributed by atoms with Crippen LogP contribution in [-0.2, 0) is 16.0 Å². The number of aliphatic hydroxyl groups excluding tert-OH is 1. The lowest BCUT2D eigenvalue weighted by Gasteiger charge is -2.25. The van der Waals surface area contributed by atoms with Crippen molar-refractivity contribution in [3.63, 3.8) is 0 Å². The quantitative estimate of drug-likeness (QED) is 0.157. The summed E-state index contributed by atoms with van der Waals surface area (Å²) in [5.41, 5.74) is 2.03. The highest BCUT2D eigenvalue weighted by Gasteiger charge is 2.46. The third kappa shape index (κ3) is 4.89. The molecule has 1 N–H and O–H groups in total. The fraction of sp³-hybridized carbons (Fsp3) is 0.214. The highest BCUT2D eigenvalue weighted by Crippen LogP contribution is 2.44. The molecule has 2 aromatic carbocycles. The largest absolute Gasteiger partial charge is 0.503 e. The number of rotatable bonds is 7. The highest BCUT2D eigenvalue weighted by atomic mass is 32.2. The maximum Gasteiger partial charge on any atom is 0.296 e. The fourth-order valence-electron chi connectivity index (χ4n) is 4.17. The van der Waals surface area contributed by atoms with Crippen molar-refractivity contribution < 1.29 is 23.5 Å². The van der Waals surface area contributed by atoms with Crippen molar-refractivity contribution in [2.75, 3.05) is 4.90 Å². The molecule has 1 aliphatic rings. The SMILES string of the molecule is CC(C)(C)c1ccc(C2C(C(=O)c3ccco3)=C(O)C(=O)N2c2nnc(SCc3ccccc3F)s2)cc1. The molecule has 1 atom stereocenters. The Hall–Kier alpha value is -3.76. The molecule has 38 heavy (non-hydrogen) atoms. The van der Waals surface area contributed by atoms with E-state index in [2.05, 4.69) is 31.0 Å². The number of Topliss-reactive ketones (excluding diaryl/α,β-unsaturated/α-hetero) is 1. The number of hydrogen-bond acceptors (Lipinski definition) is 8. The highest BCUT2D eigenvalue weighted by molar-refractivity contribution is 8.00. The number of aromatic nitrogens is 2. The van der Waals surface area contributed by atoms with Gasteiger partial charge < -0.3 is 9.52 Å². The van der Waals surface area contributed by atoms with E-state index in [1.165, 1.54) is 35.1 Å². The van der Waals surface area contributed by atoms with E-state index in [-0.39, 0.29) is 27.7 Å². The van der Waals surface area contributed by atoms with Crippen molar-refractivity contribution in [3.05, 3.63) is 107 Å². The molecule has 3 heterocycles. The van der Waals surface area contributed by atoms with E-state index >= 15 is 0 Å². The van der Waals surface area contributed by atoms with Crippen LogP contribution in [-0.4, -0.2) is 27.0 Å². The summed E-state index contributed by atoms with van der Waals surface area (Å²) in [7, 11) is 0. The Morgan fingerprint density at radius 2 is 1.84 bits per heavy atom. The monoisotopic (exact) mass is 549 g/mol. The molecule has 0 aliphatic carbocycles. The first-order valence-electron chi connectivity index (χ1n) is 11.8. The summed E-state index contributed by atoms with van der Waals surface area (Å²) in [6, 6.07) is 16.2. The standard InChI is InChI=1S/C28H24FN3O4S2/c1-28(2,3)18-12-10-16(11-13-18)22-21(23(33)20-9-6-14-36-20)24(34)25(35)32(22)26-30-31-27(38-26)37-15-17-7-4-5-8-19(17)29/h4-14,22,34H,15H2,1-3H3. The maximum absolute atomic E-state index is 14.0. The Kier molecular flexibility index (Phi) is 6.93. The van der Waals surface area contributed by atoms with Gasteiger partial charge >= 0.3 is 0 Å². The van der Waals surface area contributed by atoms with Crippen LogP contribution in [0.25, 0.3) is 0 Å². The molecular weight excluding hydrogens is 525 g/mol. The van der Waals surface area contributed by atoms with Crippen molar-refractivity contribution in [1.29, 1.82) is 0 Å². The van der Waals surface area contributed by atoms with Gasteiger partial charge in [-0.15, -0.1) is 10.2 Å². The molecule has 0 spiro atoms. The van der Waals surface area contributed by atoms with E-state index in [0.29, 0.717) is 21.2 Å². The minimum atomic E-state index is -0.938. The molecule has 7 nitrogen and oxygen atoms in total. The van der Waals surface area contributed by atoms with Crippen molar-refractivity contribution in [2.24, 2.45) is 0 Å². The second-order valence-electron chi connectivity index (χ2n) is 9.75. The van der Waals surface area contributed by atoms with Crippen LogP contribution in [0.3, 0.4) is 0 Å². The molecule has 1 amide bonds. The number of carbonyl (C=O) groups is 2. The van der Waals surface area contributed by atoms with E-state index in [9.17, 15) is 19.1 Å². The van der Waals surface area contributed by atoms with Crippen LogP contribution in [0.15, 0.2) is 87.0 Å². The van der Waals surface area contributed by atoms with E-state index in [4.69, 9.17) is 4.42 Å². The van der Waals surface area contributed by atoms with Gasteiger partial charge in [-0.2, -0.15) is 0 Å². The van der Waals surface area contributed by atoms with Gasteiger partial charge in [0.15, 0.2) is 15.9 Å². The Morgan fingerprint density at radius 3 is 2.50 bits per heavy atom. The molecule has 0 radical (unpaired) electrons. The molecule has 1 aliphatic heterocycles. The first-order chi connectivity index (χ1) is 18.1. The minimum absolute atomic E-state index is 0.0101. The molecule has 2 aromatic heterocycles. The Labute approximate surface area is 227 Å². The van der Waals surface area contributed by atoms with E-state index in [1.54, 1.807) is 24.3 Å². The third-order valence-electron chi connectivity index (χ3n) is 6.20. The lowest BCUT2D eigenvalue weighted by Crippen LogP contribution is -2.31. The number of hydrogen-bond donors (Lipinski definition) is 1.